The van der Waals surface area contributed by atoms with Crippen LogP contribution in [-0.4, -0.2) is 20.4 Å². The molecule has 1 aromatic rings. The molecule has 0 N–H and O–H groups in total. The van der Waals surface area contributed by atoms with E-state index < -0.39 is 0 Å². The molecule has 1 aromatic carbocycles. The van der Waals surface area contributed by atoms with Gasteiger partial charge in [-0.15, -0.1) is 0 Å². The van der Waals surface area contributed by atoms with Crippen molar-refractivity contribution < 1.29 is 9.53 Å². The van der Waals surface area contributed by atoms with Gasteiger partial charge < -0.3 is 4.74 Å². The molecule has 0 saturated heterocycles. The molecule has 0 aliphatic heterocycles. The van der Waals surface area contributed by atoms with Crippen molar-refractivity contribution in [3.63, 3.8) is 0 Å². The lowest BCUT2D eigenvalue weighted by Crippen LogP contribution is -2.07. The highest BCUT2D eigenvalue weighted by Crippen LogP contribution is 2.47. The maximum atomic E-state index is 11.4. The summed E-state index contributed by atoms with van der Waals surface area (Å²) in [5.74, 6) is 0.331. The molecule has 2 radical (unpaired) electrons. The first-order valence-electron chi connectivity index (χ1n) is 5.24. The largest absolute Gasteiger partial charge is 0.466 e. The minimum atomic E-state index is -0.0701. The van der Waals surface area contributed by atoms with Crippen LogP contribution in [0.5, 0.6) is 0 Å². The number of rotatable bonds is 3. The fourth-order valence-corrected chi connectivity index (χ4v) is 1.82. The van der Waals surface area contributed by atoms with Crippen molar-refractivity contribution in [2.75, 3.05) is 6.61 Å². The van der Waals surface area contributed by atoms with Crippen LogP contribution in [0.1, 0.15) is 24.8 Å². The molecule has 2 unspecified atom stereocenters. The highest BCUT2D eigenvalue weighted by Gasteiger charge is 2.44. The number of benzene rings is 1. The Morgan fingerprint density at radius 1 is 1.47 bits per heavy atom. The van der Waals surface area contributed by atoms with Crippen LogP contribution in [-0.2, 0) is 9.53 Å². The van der Waals surface area contributed by atoms with E-state index >= 15 is 0 Å². The number of carbonyl (C=O) groups excluding carboxylic acids is 1. The van der Waals surface area contributed by atoms with Gasteiger partial charge in [0.05, 0.1) is 12.5 Å². The van der Waals surface area contributed by atoms with E-state index in [-0.39, 0.29) is 11.9 Å². The van der Waals surface area contributed by atoms with Crippen LogP contribution in [0.25, 0.3) is 0 Å². The third kappa shape index (κ3) is 2.22. The summed E-state index contributed by atoms with van der Waals surface area (Å²) in [6.45, 7) is 2.29. The second-order valence-corrected chi connectivity index (χ2v) is 3.87. The maximum Gasteiger partial charge on any atom is 0.309 e. The first kappa shape index (κ1) is 10.3. The molecule has 1 aliphatic carbocycles. The van der Waals surface area contributed by atoms with E-state index in [9.17, 15) is 4.79 Å². The Hall–Kier alpha value is -1.25. The summed E-state index contributed by atoms with van der Waals surface area (Å²) in [5.41, 5.74) is 1.94. The van der Waals surface area contributed by atoms with Crippen LogP contribution in [0.3, 0.4) is 0 Å². The Kier molecular flexibility index (Phi) is 2.80. The summed E-state index contributed by atoms with van der Waals surface area (Å²) in [7, 11) is 5.60. The lowest BCUT2D eigenvalue weighted by atomic mass is 9.94. The van der Waals surface area contributed by atoms with E-state index in [4.69, 9.17) is 12.6 Å². The van der Waals surface area contributed by atoms with Crippen LogP contribution in [0.2, 0.25) is 0 Å². The zero-order valence-corrected chi connectivity index (χ0v) is 8.77. The van der Waals surface area contributed by atoms with Crippen LogP contribution < -0.4 is 5.46 Å². The molecule has 1 fully saturated rings. The molecule has 1 aliphatic rings. The molecule has 0 bridgehead atoms. The molecule has 1 saturated carbocycles. The van der Waals surface area contributed by atoms with Gasteiger partial charge in [0.1, 0.15) is 7.85 Å². The number of hydrogen-bond acceptors (Lipinski definition) is 2. The molecule has 0 amide bonds. The molecule has 2 rings (SSSR count). The lowest BCUT2D eigenvalue weighted by molar-refractivity contribution is -0.144. The smallest absolute Gasteiger partial charge is 0.309 e. The van der Waals surface area contributed by atoms with Crippen molar-refractivity contribution in [1.82, 2.24) is 0 Å². The van der Waals surface area contributed by atoms with Crippen molar-refractivity contribution in [3.05, 3.63) is 29.8 Å². The molecule has 0 spiro atoms. The first-order chi connectivity index (χ1) is 7.22. The van der Waals surface area contributed by atoms with E-state index in [1.54, 1.807) is 0 Å². The van der Waals surface area contributed by atoms with E-state index in [0.717, 1.165) is 11.9 Å². The summed E-state index contributed by atoms with van der Waals surface area (Å²) < 4.78 is 4.98. The van der Waals surface area contributed by atoms with E-state index in [0.29, 0.717) is 12.5 Å². The van der Waals surface area contributed by atoms with Gasteiger partial charge in [0, 0.05) is 0 Å². The summed E-state index contributed by atoms with van der Waals surface area (Å²) in [5, 5.41) is 0. The topological polar surface area (TPSA) is 26.3 Å². The Morgan fingerprint density at radius 3 is 2.73 bits per heavy atom. The minimum Gasteiger partial charge on any atom is -0.466 e. The van der Waals surface area contributed by atoms with Gasteiger partial charge in [0.25, 0.3) is 0 Å². The van der Waals surface area contributed by atoms with Gasteiger partial charge in [-0.1, -0.05) is 29.7 Å². The van der Waals surface area contributed by atoms with Crippen molar-refractivity contribution in [2.45, 2.75) is 19.3 Å². The quantitative estimate of drug-likeness (QED) is 0.540. The first-order valence-corrected chi connectivity index (χ1v) is 5.24. The van der Waals surface area contributed by atoms with Crippen molar-refractivity contribution in [3.8, 4) is 0 Å². The number of esters is 1. The van der Waals surface area contributed by atoms with Crippen molar-refractivity contribution in [1.29, 1.82) is 0 Å². The van der Waals surface area contributed by atoms with Gasteiger partial charge in [-0.2, -0.15) is 0 Å². The van der Waals surface area contributed by atoms with E-state index in [2.05, 4.69) is 0 Å². The third-order valence-electron chi connectivity index (χ3n) is 2.74. The summed E-state index contributed by atoms with van der Waals surface area (Å²) in [6, 6.07) is 7.71. The average Bonchev–Trinajstić information content (AvgIpc) is 2.99. The lowest BCUT2D eigenvalue weighted by Gasteiger charge is -2.01. The molecule has 0 heterocycles. The van der Waals surface area contributed by atoms with Crippen LogP contribution in [0.15, 0.2) is 24.3 Å². The Morgan fingerprint density at radius 2 is 2.13 bits per heavy atom. The number of carbonyl (C=O) groups is 1. The number of hydrogen-bond donors (Lipinski definition) is 0. The van der Waals surface area contributed by atoms with Gasteiger partial charge in [0.15, 0.2) is 0 Å². The molecular weight excluding hydrogens is 187 g/mol. The fraction of sp³-hybridized carbons (Fsp3) is 0.417. The Balaban J connectivity index is 1.98. The van der Waals surface area contributed by atoms with Crippen LogP contribution >= 0.6 is 0 Å². The average molecular weight is 200 g/mol. The van der Waals surface area contributed by atoms with Gasteiger partial charge in [-0.3, -0.25) is 4.79 Å². The van der Waals surface area contributed by atoms with Gasteiger partial charge in [0.2, 0.25) is 0 Å². The minimum absolute atomic E-state index is 0.0635. The zero-order valence-electron chi connectivity index (χ0n) is 8.77. The Labute approximate surface area is 91.0 Å². The molecule has 3 heteroatoms. The van der Waals surface area contributed by atoms with Gasteiger partial charge in [-0.05, 0) is 24.8 Å². The SMILES string of the molecule is [B]c1ccc(C2CC2C(=O)OCC)cc1. The van der Waals surface area contributed by atoms with Crippen molar-refractivity contribution >= 4 is 19.3 Å². The second kappa shape index (κ2) is 4.09. The van der Waals surface area contributed by atoms with Crippen LogP contribution in [0.4, 0.5) is 0 Å². The summed E-state index contributed by atoms with van der Waals surface area (Å²) >= 11 is 0. The third-order valence-corrected chi connectivity index (χ3v) is 2.74. The van der Waals surface area contributed by atoms with E-state index in [1.807, 2.05) is 31.2 Å². The highest BCUT2D eigenvalue weighted by atomic mass is 16.5. The standard InChI is InChI=1S/C12H13BO2/c1-2-15-12(14)11-7-10(11)8-3-5-9(13)6-4-8/h3-6,10-11H,2,7H2,1H3. The second-order valence-electron chi connectivity index (χ2n) is 3.87. The molecular formula is C12H13BO2. The number of ether oxygens (including phenoxy) is 1. The molecule has 0 aromatic heterocycles. The highest BCUT2D eigenvalue weighted by molar-refractivity contribution is 6.32. The van der Waals surface area contributed by atoms with E-state index in [1.165, 1.54) is 5.56 Å². The molecule has 15 heavy (non-hydrogen) atoms. The summed E-state index contributed by atoms with van der Waals surface area (Å²) in [4.78, 5) is 11.4. The van der Waals surface area contributed by atoms with Crippen LogP contribution in [0, 0.1) is 5.92 Å². The zero-order chi connectivity index (χ0) is 10.8. The predicted octanol–water partition coefficient (Wildman–Crippen LogP) is 1.15. The van der Waals surface area contributed by atoms with Crippen molar-refractivity contribution in [2.24, 2.45) is 5.92 Å². The molecule has 2 atom stereocenters. The maximum absolute atomic E-state index is 11.4. The molecule has 2 nitrogen and oxygen atoms in total. The van der Waals surface area contributed by atoms with Gasteiger partial charge >= 0.3 is 5.97 Å². The normalized spacial score (nSPS) is 23.5. The molecule has 76 valence electrons. The monoisotopic (exact) mass is 200 g/mol. The Bertz CT molecular complexity index is 358. The summed E-state index contributed by atoms with van der Waals surface area (Å²) in [6.07, 6.45) is 0.906. The fourth-order valence-electron chi connectivity index (χ4n) is 1.82. The van der Waals surface area contributed by atoms with Gasteiger partial charge in [-0.25, -0.2) is 0 Å². The predicted molar refractivity (Wildman–Crippen MR) is 59.3 cm³/mol.